The van der Waals surface area contributed by atoms with Crippen LogP contribution in [0.1, 0.15) is 23.7 Å². The second-order valence-electron chi connectivity index (χ2n) is 7.23. The van der Waals surface area contributed by atoms with Crippen LogP contribution in [0.5, 0.6) is 5.75 Å². The number of nitrogens with one attached hydrogen (secondary N) is 1. The number of ether oxygens (including phenoxy) is 2. The van der Waals surface area contributed by atoms with Crippen molar-refractivity contribution in [2.24, 2.45) is 0 Å². The number of aryl methyl sites for hydroxylation is 1. The Kier molecular flexibility index (Phi) is 7.49. The molecule has 172 valence electrons. The number of hydrogen-bond acceptors (Lipinski definition) is 6. The van der Waals surface area contributed by atoms with Crippen LogP contribution < -0.4 is 10.1 Å². The van der Waals surface area contributed by atoms with E-state index in [2.05, 4.69) is 10.3 Å². The average molecular weight is 461 g/mol. The molecule has 32 heavy (non-hydrogen) atoms. The number of hydrogen-bond donors (Lipinski definition) is 1. The van der Waals surface area contributed by atoms with E-state index in [0.717, 1.165) is 21.8 Å². The summed E-state index contributed by atoms with van der Waals surface area (Å²) in [5, 5.41) is 2.83. The smallest absolute Gasteiger partial charge is 0.258 e. The summed E-state index contributed by atoms with van der Waals surface area (Å²) in [5.74, 6) is 0.0863. The van der Waals surface area contributed by atoms with Gasteiger partial charge in [-0.3, -0.25) is 10.1 Å². The van der Waals surface area contributed by atoms with Crippen molar-refractivity contribution in [1.82, 2.24) is 13.9 Å². The summed E-state index contributed by atoms with van der Waals surface area (Å²) in [4.78, 5) is 17.5. The lowest BCUT2D eigenvalue weighted by atomic mass is 10.2. The molecule has 0 saturated carbocycles. The summed E-state index contributed by atoms with van der Waals surface area (Å²) in [5.41, 5.74) is 1.83. The van der Waals surface area contributed by atoms with Gasteiger partial charge < -0.3 is 14.0 Å². The van der Waals surface area contributed by atoms with E-state index >= 15 is 0 Å². The van der Waals surface area contributed by atoms with E-state index in [1.807, 2.05) is 35.8 Å². The number of sulfonamides is 1. The Labute approximate surface area is 188 Å². The monoisotopic (exact) mass is 460 g/mol. The second-order valence-corrected chi connectivity index (χ2v) is 9.35. The number of nitrogens with zero attached hydrogens (tertiary/aromatic N) is 3. The summed E-state index contributed by atoms with van der Waals surface area (Å²) in [7, 11) is 0.428. The molecule has 3 rings (SSSR count). The van der Waals surface area contributed by atoms with Crippen LogP contribution in [0, 0.1) is 0 Å². The molecule has 2 aromatic carbocycles. The predicted molar refractivity (Wildman–Crippen MR) is 123 cm³/mol. The molecule has 10 heteroatoms. The Morgan fingerprint density at radius 2 is 1.94 bits per heavy atom. The fraction of sp³-hybridized carbons (Fsp3) is 0.364. The highest BCUT2D eigenvalue weighted by atomic mass is 32.2. The zero-order valence-electron chi connectivity index (χ0n) is 18.7. The third-order valence-electron chi connectivity index (χ3n) is 4.94. The lowest BCUT2D eigenvalue weighted by molar-refractivity contribution is 0.102. The van der Waals surface area contributed by atoms with Gasteiger partial charge in [0.05, 0.1) is 18.1 Å². The molecular weight excluding hydrogens is 432 g/mol. The Morgan fingerprint density at radius 1 is 1.19 bits per heavy atom. The summed E-state index contributed by atoms with van der Waals surface area (Å²) >= 11 is 0. The first-order valence-electron chi connectivity index (χ1n) is 10.2. The van der Waals surface area contributed by atoms with Crippen molar-refractivity contribution in [3.05, 3.63) is 48.0 Å². The van der Waals surface area contributed by atoms with Crippen LogP contribution >= 0.6 is 0 Å². The van der Waals surface area contributed by atoms with Gasteiger partial charge in [0, 0.05) is 39.4 Å². The number of aromatic nitrogens is 2. The van der Waals surface area contributed by atoms with Gasteiger partial charge >= 0.3 is 0 Å². The first-order chi connectivity index (χ1) is 15.3. The van der Waals surface area contributed by atoms with Gasteiger partial charge in [-0.05, 0) is 43.7 Å². The summed E-state index contributed by atoms with van der Waals surface area (Å²) in [6.45, 7) is 3.79. The largest absolute Gasteiger partial charge is 0.495 e. The highest BCUT2D eigenvalue weighted by molar-refractivity contribution is 7.89. The fourth-order valence-electron chi connectivity index (χ4n) is 3.26. The molecule has 0 atom stereocenters. The molecule has 0 fully saturated rings. The topological polar surface area (TPSA) is 103 Å². The van der Waals surface area contributed by atoms with Gasteiger partial charge in [0.25, 0.3) is 5.91 Å². The van der Waals surface area contributed by atoms with E-state index in [-0.39, 0.29) is 16.2 Å². The SMILES string of the molecule is CCOCCCn1c(NC(=O)c2ccc(OC)c(S(=O)(=O)N(C)C)c2)nc2ccccc21. The van der Waals surface area contributed by atoms with E-state index in [4.69, 9.17) is 9.47 Å². The molecule has 0 radical (unpaired) electrons. The summed E-state index contributed by atoms with van der Waals surface area (Å²) < 4.78 is 39.0. The Hall–Kier alpha value is -2.95. The summed E-state index contributed by atoms with van der Waals surface area (Å²) in [6.07, 6.45) is 0.755. The van der Waals surface area contributed by atoms with Crippen molar-refractivity contribution in [3.8, 4) is 5.75 Å². The molecular formula is C22H28N4O5S. The summed E-state index contributed by atoms with van der Waals surface area (Å²) in [6, 6.07) is 11.9. The van der Waals surface area contributed by atoms with E-state index in [0.29, 0.717) is 25.7 Å². The van der Waals surface area contributed by atoms with Crippen LogP contribution in [-0.2, 0) is 21.3 Å². The Morgan fingerprint density at radius 3 is 2.62 bits per heavy atom. The van der Waals surface area contributed by atoms with E-state index in [9.17, 15) is 13.2 Å². The van der Waals surface area contributed by atoms with Crippen molar-refractivity contribution < 1.29 is 22.7 Å². The molecule has 0 aliphatic carbocycles. The lowest BCUT2D eigenvalue weighted by Crippen LogP contribution is -2.23. The third kappa shape index (κ3) is 4.93. The third-order valence-corrected chi connectivity index (χ3v) is 6.78. The zero-order chi connectivity index (χ0) is 23.3. The highest BCUT2D eigenvalue weighted by Gasteiger charge is 2.24. The molecule has 1 amide bonds. The van der Waals surface area contributed by atoms with Crippen LogP contribution in [0.25, 0.3) is 11.0 Å². The molecule has 1 N–H and O–H groups in total. The Bertz CT molecular complexity index is 1200. The minimum absolute atomic E-state index is 0.0807. The number of carbonyl (C=O) groups is 1. The molecule has 0 spiro atoms. The molecule has 0 aliphatic heterocycles. The van der Waals surface area contributed by atoms with Gasteiger partial charge in [0.15, 0.2) is 0 Å². The number of para-hydroxylation sites is 2. The van der Waals surface area contributed by atoms with Gasteiger partial charge in [0.2, 0.25) is 16.0 Å². The first kappa shape index (κ1) is 23.7. The second kappa shape index (κ2) is 10.1. The highest BCUT2D eigenvalue weighted by Crippen LogP contribution is 2.27. The van der Waals surface area contributed by atoms with Gasteiger partial charge in [-0.25, -0.2) is 17.7 Å². The maximum Gasteiger partial charge on any atom is 0.258 e. The van der Waals surface area contributed by atoms with Crippen LogP contribution in [0.2, 0.25) is 0 Å². The molecule has 0 aliphatic rings. The molecule has 0 bridgehead atoms. The number of imidazole rings is 1. The first-order valence-corrected chi connectivity index (χ1v) is 11.7. The van der Waals surface area contributed by atoms with Crippen LogP contribution in [0.15, 0.2) is 47.4 Å². The van der Waals surface area contributed by atoms with E-state index in [1.54, 1.807) is 0 Å². The quantitative estimate of drug-likeness (QED) is 0.467. The number of rotatable bonds is 10. The maximum absolute atomic E-state index is 13.0. The number of carbonyl (C=O) groups excluding carboxylic acids is 1. The molecule has 1 aromatic heterocycles. The van der Waals surface area contributed by atoms with E-state index < -0.39 is 15.9 Å². The number of anilines is 1. The number of benzene rings is 2. The molecule has 9 nitrogen and oxygen atoms in total. The van der Waals surface area contributed by atoms with Gasteiger partial charge in [0.1, 0.15) is 10.6 Å². The molecule has 0 saturated heterocycles. The lowest BCUT2D eigenvalue weighted by Gasteiger charge is -2.15. The van der Waals surface area contributed by atoms with Crippen LogP contribution in [-0.4, -0.2) is 62.6 Å². The molecule has 3 aromatic rings. The van der Waals surface area contributed by atoms with Crippen LogP contribution in [0.4, 0.5) is 5.95 Å². The molecule has 1 heterocycles. The molecule has 0 unspecified atom stereocenters. The van der Waals surface area contributed by atoms with Gasteiger partial charge in [-0.2, -0.15) is 0 Å². The number of fused-ring (bicyclic) bond motifs is 1. The maximum atomic E-state index is 13.0. The minimum Gasteiger partial charge on any atom is -0.495 e. The van der Waals surface area contributed by atoms with Gasteiger partial charge in [-0.1, -0.05) is 12.1 Å². The van der Waals surface area contributed by atoms with Crippen molar-refractivity contribution in [3.63, 3.8) is 0 Å². The van der Waals surface area contributed by atoms with Crippen molar-refractivity contribution in [2.45, 2.75) is 24.8 Å². The standard InChI is InChI=1S/C22H28N4O5S/c1-5-31-14-8-13-26-18-10-7-6-9-17(18)23-22(26)24-21(27)16-11-12-19(30-4)20(15-16)32(28,29)25(2)3/h6-7,9-12,15H,5,8,13-14H2,1-4H3,(H,23,24,27). The number of methoxy groups -OCH3 is 1. The average Bonchev–Trinajstić information content (AvgIpc) is 3.13. The Balaban J connectivity index is 1.93. The van der Waals surface area contributed by atoms with Gasteiger partial charge in [-0.15, -0.1) is 0 Å². The minimum atomic E-state index is -3.80. The predicted octanol–water partition coefficient (Wildman–Crippen LogP) is 2.97. The van der Waals surface area contributed by atoms with Crippen molar-refractivity contribution in [2.75, 3.05) is 39.7 Å². The van der Waals surface area contributed by atoms with Crippen LogP contribution in [0.3, 0.4) is 0 Å². The van der Waals surface area contributed by atoms with Crippen molar-refractivity contribution in [1.29, 1.82) is 0 Å². The number of amides is 1. The van der Waals surface area contributed by atoms with E-state index in [1.165, 1.54) is 39.4 Å². The normalized spacial score (nSPS) is 11.8. The zero-order valence-corrected chi connectivity index (χ0v) is 19.5. The van der Waals surface area contributed by atoms with Crippen molar-refractivity contribution >= 4 is 32.9 Å². The fourth-order valence-corrected chi connectivity index (χ4v) is 4.33.